The third-order valence-corrected chi connectivity index (χ3v) is 14.4. The smallest absolute Gasteiger partial charge is 0.309 e. The molecule has 6 aliphatic rings. The maximum Gasteiger partial charge on any atom is 0.309 e. The van der Waals surface area contributed by atoms with Gasteiger partial charge in [0, 0.05) is 5.41 Å². The predicted octanol–water partition coefficient (Wildman–Crippen LogP) is 6.44. The van der Waals surface area contributed by atoms with Gasteiger partial charge in [0.1, 0.15) is 5.60 Å². The predicted molar refractivity (Wildman–Crippen MR) is 132 cm³/mol. The first-order valence-electron chi connectivity index (χ1n) is 14.2. The second kappa shape index (κ2) is 6.44. The lowest BCUT2D eigenvalue weighted by molar-refractivity contribution is -0.249. The lowest BCUT2D eigenvalue weighted by Gasteiger charge is -2.73. The van der Waals surface area contributed by atoms with Crippen molar-refractivity contribution in [3.8, 4) is 0 Å². The number of hydrogen-bond acceptors (Lipinski definition) is 3. The summed E-state index contributed by atoms with van der Waals surface area (Å²) in [5.41, 5.74) is -0.0420. The van der Waals surface area contributed by atoms with Crippen molar-refractivity contribution >= 4 is 5.97 Å². The number of carbonyl (C=O) groups is 1. The van der Waals surface area contributed by atoms with Gasteiger partial charge in [-0.1, -0.05) is 41.5 Å². The van der Waals surface area contributed by atoms with Gasteiger partial charge >= 0.3 is 5.97 Å². The fourth-order valence-corrected chi connectivity index (χ4v) is 11.6. The quantitative estimate of drug-likeness (QED) is 0.431. The molecular formula is C30H48O4. The highest BCUT2D eigenvalue weighted by Gasteiger charge is 2.81. The summed E-state index contributed by atoms with van der Waals surface area (Å²) < 4.78 is 6.72. The number of ether oxygens (including phenoxy) is 1. The van der Waals surface area contributed by atoms with Crippen molar-refractivity contribution in [2.75, 3.05) is 0 Å². The van der Waals surface area contributed by atoms with Crippen LogP contribution in [0.2, 0.25) is 0 Å². The largest absolute Gasteiger partial charge is 0.481 e. The van der Waals surface area contributed by atoms with Crippen LogP contribution in [0.4, 0.5) is 0 Å². The molecule has 0 aromatic heterocycles. The van der Waals surface area contributed by atoms with E-state index in [1.165, 1.54) is 25.7 Å². The Bertz CT molecular complexity index is 929. The Labute approximate surface area is 206 Å². The number of aliphatic carboxylic acids is 1. The summed E-state index contributed by atoms with van der Waals surface area (Å²) in [7, 11) is 0. The normalized spacial score (nSPS) is 61.7. The summed E-state index contributed by atoms with van der Waals surface area (Å²) in [6.07, 6.45) is 10.7. The molecule has 0 amide bonds. The van der Waals surface area contributed by atoms with Crippen molar-refractivity contribution in [1.82, 2.24) is 0 Å². The summed E-state index contributed by atoms with van der Waals surface area (Å²) in [6.45, 7) is 16.7. The molecule has 34 heavy (non-hydrogen) atoms. The zero-order valence-electron chi connectivity index (χ0n) is 22.7. The molecule has 4 nitrogen and oxygen atoms in total. The molecule has 4 heteroatoms. The van der Waals surface area contributed by atoms with Gasteiger partial charge in [-0.2, -0.15) is 0 Å². The number of aliphatic hydroxyl groups excluding tert-OH is 1. The maximum absolute atomic E-state index is 12.3. The van der Waals surface area contributed by atoms with E-state index >= 15 is 0 Å². The number of fused-ring (bicyclic) bond motifs is 6. The lowest BCUT2D eigenvalue weighted by atomic mass is 9.30. The summed E-state index contributed by atoms with van der Waals surface area (Å²) in [5.74, 6) is 1.00. The molecule has 0 aromatic carbocycles. The molecule has 1 spiro atoms. The van der Waals surface area contributed by atoms with Crippen molar-refractivity contribution < 1.29 is 19.7 Å². The Morgan fingerprint density at radius 3 is 2.09 bits per heavy atom. The first kappa shape index (κ1) is 23.8. The highest BCUT2D eigenvalue weighted by Crippen LogP contribution is 2.81. The highest BCUT2D eigenvalue weighted by atomic mass is 16.6. The van der Waals surface area contributed by atoms with Crippen LogP contribution in [0, 0.1) is 50.2 Å². The molecule has 6 fully saturated rings. The van der Waals surface area contributed by atoms with Gasteiger partial charge in [-0.25, -0.2) is 0 Å². The van der Waals surface area contributed by atoms with Crippen molar-refractivity contribution in [3.05, 3.63) is 0 Å². The molecule has 1 aliphatic heterocycles. The molecule has 192 valence electrons. The third-order valence-electron chi connectivity index (χ3n) is 14.4. The van der Waals surface area contributed by atoms with Crippen LogP contribution in [-0.4, -0.2) is 34.0 Å². The molecule has 2 N–H and O–H groups in total. The topological polar surface area (TPSA) is 70.1 Å². The van der Waals surface area contributed by atoms with Gasteiger partial charge in [-0.15, -0.1) is 0 Å². The van der Waals surface area contributed by atoms with E-state index in [2.05, 4.69) is 41.5 Å². The van der Waals surface area contributed by atoms with E-state index in [4.69, 9.17) is 4.74 Å². The average molecular weight is 473 g/mol. The van der Waals surface area contributed by atoms with Crippen molar-refractivity contribution in [2.24, 2.45) is 50.2 Å². The minimum absolute atomic E-state index is 0.143. The first-order chi connectivity index (χ1) is 15.6. The monoisotopic (exact) mass is 472 g/mol. The fourth-order valence-electron chi connectivity index (χ4n) is 11.6. The molecule has 0 unspecified atom stereocenters. The van der Waals surface area contributed by atoms with Gasteiger partial charge in [0.05, 0.1) is 17.6 Å². The van der Waals surface area contributed by atoms with Crippen LogP contribution in [-0.2, 0) is 9.53 Å². The fraction of sp³-hybridized carbons (Fsp3) is 0.967. The van der Waals surface area contributed by atoms with Gasteiger partial charge in [-0.05, 0) is 111 Å². The Morgan fingerprint density at radius 1 is 0.794 bits per heavy atom. The number of carboxylic acid groups (broad SMARTS) is 1. The van der Waals surface area contributed by atoms with Crippen LogP contribution in [0.5, 0.6) is 0 Å². The average Bonchev–Trinajstić information content (AvgIpc) is 3.50. The molecule has 11 atom stereocenters. The summed E-state index contributed by atoms with van der Waals surface area (Å²) >= 11 is 0. The van der Waals surface area contributed by atoms with Crippen molar-refractivity contribution in [2.45, 2.75) is 130 Å². The van der Waals surface area contributed by atoms with Crippen LogP contribution in [0.1, 0.15) is 113 Å². The summed E-state index contributed by atoms with van der Waals surface area (Å²) in [4.78, 5) is 12.3. The molecule has 0 aromatic rings. The standard InChI is InChI=1S/C30H48O4/c1-24(2)21(31)9-8-18-27(5)13-15-29(7)20-17-26(4,23(32)33)11-10-25(20,3)12-14-28(29,6)19(27)16-22-30(18,24)34-22/h18-22,31H,8-17H2,1-7H3,(H,32,33)/t18-,19-,20-,21-,22-,25+,26+,27-,28+,29-,30+/m0/s1. The molecular weight excluding hydrogens is 424 g/mol. The van der Waals surface area contributed by atoms with E-state index in [1.54, 1.807) is 0 Å². The van der Waals surface area contributed by atoms with E-state index in [-0.39, 0.29) is 44.9 Å². The van der Waals surface area contributed by atoms with Crippen LogP contribution in [0.25, 0.3) is 0 Å². The van der Waals surface area contributed by atoms with E-state index < -0.39 is 11.4 Å². The summed E-state index contributed by atoms with van der Waals surface area (Å²) in [6, 6.07) is 0. The molecule has 0 bridgehead atoms. The second-order valence-corrected chi connectivity index (χ2v) is 15.7. The Hall–Kier alpha value is -0.610. The van der Waals surface area contributed by atoms with Gasteiger partial charge in [0.25, 0.3) is 0 Å². The van der Waals surface area contributed by atoms with Crippen molar-refractivity contribution in [3.63, 3.8) is 0 Å². The Balaban J connectivity index is 1.41. The first-order valence-corrected chi connectivity index (χ1v) is 14.2. The second-order valence-electron chi connectivity index (χ2n) is 15.7. The molecule has 1 heterocycles. The highest BCUT2D eigenvalue weighted by molar-refractivity contribution is 5.74. The zero-order valence-corrected chi connectivity index (χ0v) is 22.7. The van der Waals surface area contributed by atoms with Gasteiger partial charge in [0.15, 0.2) is 0 Å². The number of hydrogen-bond donors (Lipinski definition) is 2. The van der Waals surface area contributed by atoms with Gasteiger partial charge < -0.3 is 14.9 Å². The van der Waals surface area contributed by atoms with E-state index in [1.807, 2.05) is 6.92 Å². The number of carboxylic acids is 1. The van der Waals surface area contributed by atoms with Crippen LogP contribution < -0.4 is 0 Å². The molecule has 5 saturated carbocycles. The van der Waals surface area contributed by atoms with Crippen LogP contribution in [0.3, 0.4) is 0 Å². The minimum Gasteiger partial charge on any atom is -0.481 e. The van der Waals surface area contributed by atoms with Crippen LogP contribution >= 0.6 is 0 Å². The zero-order chi connectivity index (χ0) is 24.7. The minimum atomic E-state index is -0.595. The van der Waals surface area contributed by atoms with Gasteiger partial charge in [-0.3, -0.25) is 4.79 Å². The van der Waals surface area contributed by atoms with Crippen molar-refractivity contribution in [1.29, 1.82) is 0 Å². The number of aliphatic hydroxyl groups is 1. The SMILES string of the molecule is CC1(C)[C@@H](O)CC[C@H]2[C@]3(C)CC[C@@]4(C)[C@H]5C[C@](C)(C(=O)O)CC[C@]5(C)CC[C@]4(C)[C@H]3C[C@@H]3O[C@@]321. The number of epoxide rings is 1. The molecule has 0 radical (unpaired) electrons. The molecule has 1 saturated heterocycles. The Morgan fingerprint density at radius 2 is 1.41 bits per heavy atom. The summed E-state index contributed by atoms with van der Waals surface area (Å²) in [5, 5.41) is 21.1. The molecule has 6 rings (SSSR count). The van der Waals surface area contributed by atoms with Gasteiger partial charge in [0.2, 0.25) is 0 Å². The lowest BCUT2D eigenvalue weighted by Crippen LogP contribution is -2.69. The molecule has 5 aliphatic carbocycles. The Kier molecular flexibility index (Phi) is 4.50. The van der Waals surface area contributed by atoms with Crippen LogP contribution in [0.15, 0.2) is 0 Å². The maximum atomic E-state index is 12.3. The van der Waals surface area contributed by atoms with E-state index in [0.717, 1.165) is 38.5 Å². The number of rotatable bonds is 1. The van der Waals surface area contributed by atoms with E-state index in [9.17, 15) is 15.0 Å². The van der Waals surface area contributed by atoms with E-state index in [0.29, 0.717) is 17.8 Å². The third kappa shape index (κ3) is 2.42.